The molecule has 0 aliphatic carbocycles. The zero-order chi connectivity index (χ0) is 11.8. The van der Waals surface area contributed by atoms with Crippen molar-refractivity contribution in [1.82, 2.24) is 0 Å². The molecule has 1 aliphatic rings. The quantitative estimate of drug-likeness (QED) is 0.725. The van der Waals surface area contributed by atoms with Crippen LogP contribution in [-0.4, -0.2) is 19.4 Å². The third-order valence-corrected chi connectivity index (χ3v) is 2.07. The first kappa shape index (κ1) is 10.7. The van der Waals surface area contributed by atoms with E-state index in [-0.39, 0.29) is 17.9 Å². The summed E-state index contributed by atoms with van der Waals surface area (Å²) in [6.45, 7) is 0. The monoisotopic (exact) mass is 230 g/mol. The van der Waals surface area contributed by atoms with Gasteiger partial charge in [0.1, 0.15) is 0 Å². The van der Waals surface area contributed by atoms with Crippen LogP contribution in [0, 0.1) is 0 Å². The van der Waals surface area contributed by atoms with Gasteiger partial charge >= 0.3 is 12.3 Å². The highest BCUT2D eigenvalue weighted by atomic mass is 19.3. The average Bonchev–Trinajstić information content (AvgIpc) is 2.53. The molecule has 6 heteroatoms. The molecule has 0 fully saturated rings. The van der Waals surface area contributed by atoms with Gasteiger partial charge in [0.15, 0.2) is 11.5 Å². The normalized spacial score (nSPS) is 15.9. The van der Waals surface area contributed by atoms with E-state index < -0.39 is 12.3 Å². The number of esters is 1. The summed E-state index contributed by atoms with van der Waals surface area (Å²) in [4.78, 5) is 11.0. The topological polar surface area (TPSA) is 44.8 Å². The van der Waals surface area contributed by atoms with Crippen molar-refractivity contribution in [2.75, 3.05) is 7.11 Å². The van der Waals surface area contributed by atoms with Crippen LogP contribution < -0.4 is 9.47 Å². The van der Waals surface area contributed by atoms with Crippen molar-refractivity contribution in [1.29, 1.82) is 0 Å². The Hall–Kier alpha value is -1.85. The summed E-state index contributed by atoms with van der Waals surface area (Å²) in [6, 6.07) is 4.35. The van der Waals surface area contributed by atoms with Crippen LogP contribution in [-0.2, 0) is 16.0 Å². The molecule has 0 N–H and O–H groups in total. The van der Waals surface area contributed by atoms with E-state index in [0.29, 0.717) is 5.56 Å². The highest BCUT2D eigenvalue weighted by molar-refractivity contribution is 5.74. The van der Waals surface area contributed by atoms with Gasteiger partial charge in [0, 0.05) is 5.56 Å². The molecule has 0 spiro atoms. The molecule has 2 rings (SSSR count). The first-order valence-electron chi connectivity index (χ1n) is 4.46. The summed E-state index contributed by atoms with van der Waals surface area (Å²) in [6.07, 6.45) is -3.81. The van der Waals surface area contributed by atoms with Crippen molar-refractivity contribution < 1.29 is 27.8 Å². The van der Waals surface area contributed by atoms with Crippen LogP contribution >= 0.6 is 0 Å². The van der Waals surface area contributed by atoms with Gasteiger partial charge < -0.3 is 14.2 Å². The Morgan fingerprint density at radius 2 is 2.19 bits per heavy atom. The van der Waals surface area contributed by atoms with E-state index in [0.717, 1.165) is 0 Å². The van der Waals surface area contributed by atoms with E-state index in [2.05, 4.69) is 14.2 Å². The molecule has 0 saturated carbocycles. The maximum atomic E-state index is 12.8. The maximum absolute atomic E-state index is 12.8. The molecule has 86 valence electrons. The third kappa shape index (κ3) is 1.91. The molecule has 0 amide bonds. The zero-order valence-electron chi connectivity index (χ0n) is 8.33. The molecule has 0 saturated heterocycles. The Morgan fingerprint density at radius 1 is 1.44 bits per heavy atom. The minimum absolute atomic E-state index is 0.0774. The van der Waals surface area contributed by atoms with Crippen molar-refractivity contribution >= 4 is 5.97 Å². The number of hydrogen-bond donors (Lipinski definition) is 0. The summed E-state index contributed by atoms with van der Waals surface area (Å²) in [7, 11) is 1.22. The van der Waals surface area contributed by atoms with E-state index >= 15 is 0 Å². The van der Waals surface area contributed by atoms with Gasteiger partial charge in [0.05, 0.1) is 13.5 Å². The van der Waals surface area contributed by atoms with Crippen LogP contribution in [0.15, 0.2) is 18.2 Å². The second-order valence-corrected chi connectivity index (χ2v) is 3.16. The number of hydrogen-bond acceptors (Lipinski definition) is 4. The Balaban J connectivity index is 2.30. The second-order valence-electron chi connectivity index (χ2n) is 3.16. The van der Waals surface area contributed by atoms with Gasteiger partial charge in [-0.1, -0.05) is 12.1 Å². The summed E-state index contributed by atoms with van der Waals surface area (Å²) < 4.78 is 38.5. The lowest BCUT2D eigenvalue weighted by atomic mass is 10.1. The number of benzene rings is 1. The molecular weight excluding hydrogens is 222 g/mol. The molecule has 0 radical (unpaired) electrons. The predicted octanol–water partition coefficient (Wildman–Crippen LogP) is 1.72. The molecular formula is C10H8F2O4. The van der Waals surface area contributed by atoms with Crippen LogP contribution in [0.1, 0.15) is 5.56 Å². The second kappa shape index (κ2) is 3.62. The highest BCUT2D eigenvalue weighted by Gasteiger charge is 2.44. The molecule has 16 heavy (non-hydrogen) atoms. The van der Waals surface area contributed by atoms with Crippen LogP contribution in [0.25, 0.3) is 0 Å². The Labute approximate surface area is 89.7 Å². The van der Waals surface area contributed by atoms with E-state index in [9.17, 15) is 13.6 Å². The number of rotatable bonds is 2. The van der Waals surface area contributed by atoms with Crippen LogP contribution in [0.4, 0.5) is 8.78 Å². The fourth-order valence-electron chi connectivity index (χ4n) is 1.39. The van der Waals surface area contributed by atoms with Gasteiger partial charge in [0.25, 0.3) is 0 Å². The highest BCUT2D eigenvalue weighted by Crippen LogP contribution is 2.43. The fraction of sp³-hybridized carbons (Fsp3) is 0.300. The summed E-state index contributed by atoms with van der Waals surface area (Å²) in [5.41, 5.74) is 0.307. The number of halogens is 2. The Kier molecular flexibility index (Phi) is 2.41. The first-order chi connectivity index (χ1) is 7.52. The predicted molar refractivity (Wildman–Crippen MR) is 48.4 cm³/mol. The largest absolute Gasteiger partial charge is 0.586 e. The molecule has 1 aromatic carbocycles. The van der Waals surface area contributed by atoms with Crippen molar-refractivity contribution in [2.24, 2.45) is 0 Å². The van der Waals surface area contributed by atoms with Gasteiger partial charge in [-0.05, 0) is 6.07 Å². The summed E-state index contributed by atoms with van der Waals surface area (Å²) >= 11 is 0. The molecule has 0 unspecified atom stereocenters. The van der Waals surface area contributed by atoms with Crippen molar-refractivity contribution in [2.45, 2.75) is 12.7 Å². The van der Waals surface area contributed by atoms with E-state index in [4.69, 9.17) is 0 Å². The molecule has 4 nitrogen and oxygen atoms in total. The number of carbonyl (C=O) groups is 1. The SMILES string of the molecule is COC(=O)Cc1cccc2c1OC(F)(F)O2. The zero-order valence-corrected chi connectivity index (χ0v) is 8.33. The van der Waals surface area contributed by atoms with Gasteiger partial charge in [-0.2, -0.15) is 0 Å². The Bertz CT molecular complexity index is 431. The minimum atomic E-state index is -3.67. The van der Waals surface area contributed by atoms with Gasteiger partial charge in [0.2, 0.25) is 0 Å². The first-order valence-corrected chi connectivity index (χ1v) is 4.46. The lowest BCUT2D eigenvalue weighted by Crippen LogP contribution is -2.26. The number of ether oxygens (including phenoxy) is 3. The van der Waals surface area contributed by atoms with E-state index in [1.165, 1.54) is 25.3 Å². The number of fused-ring (bicyclic) bond motifs is 1. The van der Waals surface area contributed by atoms with Gasteiger partial charge in [-0.3, -0.25) is 4.79 Å². The summed E-state index contributed by atoms with van der Waals surface area (Å²) in [5.74, 6) is -0.725. The molecule has 0 atom stereocenters. The maximum Gasteiger partial charge on any atom is 0.586 e. The summed E-state index contributed by atoms with van der Waals surface area (Å²) in [5, 5.41) is 0. The molecule has 1 aromatic rings. The molecule has 1 aliphatic heterocycles. The van der Waals surface area contributed by atoms with Crippen LogP contribution in [0.2, 0.25) is 0 Å². The average molecular weight is 230 g/mol. The Morgan fingerprint density at radius 3 is 2.88 bits per heavy atom. The van der Waals surface area contributed by atoms with Crippen molar-refractivity contribution in [3.63, 3.8) is 0 Å². The van der Waals surface area contributed by atoms with Gasteiger partial charge in [-0.15, -0.1) is 8.78 Å². The lowest BCUT2D eigenvalue weighted by molar-refractivity contribution is -0.287. The number of methoxy groups -OCH3 is 1. The number of alkyl halides is 2. The van der Waals surface area contributed by atoms with Gasteiger partial charge in [-0.25, -0.2) is 0 Å². The molecule has 1 heterocycles. The van der Waals surface area contributed by atoms with Crippen LogP contribution in [0.5, 0.6) is 11.5 Å². The van der Waals surface area contributed by atoms with Crippen molar-refractivity contribution in [3.8, 4) is 11.5 Å². The minimum Gasteiger partial charge on any atom is -0.469 e. The molecule has 0 aromatic heterocycles. The van der Waals surface area contributed by atoms with E-state index in [1.807, 2.05) is 0 Å². The number of carbonyl (C=O) groups excluding carboxylic acids is 1. The third-order valence-electron chi connectivity index (χ3n) is 2.07. The van der Waals surface area contributed by atoms with E-state index in [1.54, 1.807) is 0 Å². The number of para-hydroxylation sites is 1. The lowest BCUT2D eigenvalue weighted by Gasteiger charge is -2.06. The smallest absolute Gasteiger partial charge is 0.469 e. The fourth-order valence-corrected chi connectivity index (χ4v) is 1.39. The van der Waals surface area contributed by atoms with Crippen molar-refractivity contribution in [3.05, 3.63) is 23.8 Å². The molecule has 0 bridgehead atoms. The standard InChI is InChI=1S/C10H8F2O4/c1-14-8(13)5-6-3-2-4-7-9(6)16-10(11,12)15-7/h2-4H,5H2,1H3. The van der Waals surface area contributed by atoms with Crippen LogP contribution in [0.3, 0.4) is 0 Å².